The molecule has 1 atom stereocenters. The minimum atomic E-state index is -0.732. The maximum absolute atomic E-state index is 13.7. The van der Waals surface area contributed by atoms with E-state index < -0.39 is 11.0 Å². The maximum Gasteiger partial charge on any atom is 0.341 e. The highest BCUT2D eigenvalue weighted by atomic mass is 32.1. The van der Waals surface area contributed by atoms with Crippen molar-refractivity contribution in [2.24, 2.45) is 0 Å². The minimum absolute atomic E-state index is 0.140. The number of esters is 1. The smallest absolute Gasteiger partial charge is 0.341 e. The number of amides is 1. The molecule has 1 saturated carbocycles. The molecule has 0 bridgehead atoms. The highest BCUT2D eigenvalue weighted by Crippen LogP contribution is 2.52. The lowest BCUT2D eigenvalue weighted by atomic mass is 9.92. The zero-order chi connectivity index (χ0) is 22.8. The number of fused-ring (bicyclic) bond motifs is 2. The molecule has 1 unspecified atom stereocenters. The van der Waals surface area contributed by atoms with E-state index in [2.05, 4.69) is 48.5 Å². The lowest BCUT2D eigenvalue weighted by Gasteiger charge is -2.27. The van der Waals surface area contributed by atoms with Crippen molar-refractivity contribution in [1.29, 1.82) is 0 Å². The molecule has 0 N–H and O–H groups in total. The van der Waals surface area contributed by atoms with Crippen molar-refractivity contribution in [1.82, 2.24) is 14.9 Å². The molecule has 7 heteroatoms. The van der Waals surface area contributed by atoms with Crippen molar-refractivity contribution in [2.75, 3.05) is 13.1 Å². The van der Waals surface area contributed by atoms with Gasteiger partial charge in [0.25, 0.3) is 0 Å². The van der Waals surface area contributed by atoms with Gasteiger partial charge in [0.05, 0.1) is 28.2 Å². The minimum Gasteiger partial charge on any atom is -0.449 e. The Morgan fingerprint density at radius 2 is 1.94 bits per heavy atom. The zero-order valence-electron chi connectivity index (χ0n) is 18.7. The Labute approximate surface area is 196 Å². The summed E-state index contributed by atoms with van der Waals surface area (Å²) in [6.45, 7) is 5.30. The Balaban J connectivity index is 1.22. The van der Waals surface area contributed by atoms with Gasteiger partial charge >= 0.3 is 5.97 Å². The molecule has 6 nitrogen and oxygen atoms in total. The SMILES string of the molecule is CC(C)c1nc(-c2ccc(C3(C(=O)N4CCC5(C4)OC(=O)c4cnccc45)CC3)cc2)cs1. The first-order valence-corrected chi connectivity index (χ1v) is 12.3. The Kier molecular flexibility index (Phi) is 4.49. The van der Waals surface area contributed by atoms with Gasteiger partial charge < -0.3 is 9.64 Å². The first-order chi connectivity index (χ1) is 15.9. The largest absolute Gasteiger partial charge is 0.449 e. The second-order valence-electron chi connectivity index (χ2n) is 9.67. The number of hydrogen-bond donors (Lipinski definition) is 0. The van der Waals surface area contributed by atoms with Crippen LogP contribution in [0.4, 0.5) is 0 Å². The molecule has 1 aliphatic carbocycles. The molecular formula is C26H25N3O3S. The third-order valence-electron chi connectivity index (χ3n) is 7.25. The fourth-order valence-electron chi connectivity index (χ4n) is 5.20. The van der Waals surface area contributed by atoms with Crippen molar-refractivity contribution < 1.29 is 14.3 Å². The summed E-state index contributed by atoms with van der Waals surface area (Å²) in [6.07, 6.45) is 5.57. The monoisotopic (exact) mass is 459 g/mol. The molecule has 0 radical (unpaired) electrons. The quantitative estimate of drug-likeness (QED) is 0.531. The van der Waals surface area contributed by atoms with Crippen LogP contribution in [-0.2, 0) is 20.5 Å². The molecule has 6 rings (SSSR count). The van der Waals surface area contributed by atoms with E-state index >= 15 is 0 Å². The van der Waals surface area contributed by atoms with Gasteiger partial charge in [0.1, 0.15) is 0 Å². The van der Waals surface area contributed by atoms with Gasteiger partial charge in [0, 0.05) is 47.8 Å². The predicted molar refractivity (Wildman–Crippen MR) is 125 cm³/mol. The number of rotatable bonds is 4. The molecule has 2 fully saturated rings. The van der Waals surface area contributed by atoms with Crippen LogP contribution in [0.2, 0.25) is 0 Å². The van der Waals surface area contributed by atoms with E-state index in [1.54, 1.807) is 23.7 Å². The van der Waals surface area contributed by atoms with Crippen molar-refractivity contribution in [2.45, 2.75) is 50.0 Å². The van der Waals surface area contributed by atoms with E-state index in [1.165, 1.54) is 0 Å². The van der Waals surface area contributed by atoms with Crippen molar-refractivity contribution >= 4 is 23.2 Å². The Morgan fingerprint density at radius 1 is 1.15 bits per heavy atom. The van der Waals surface area contributed by atoms with E-state index in [0.717, 1.165) is 40.2 Å². The zero-order valence-corrected chi connectivity index (χ0v) is 19.5. The van der Waals surface area contributed by atoms with Gasteiger partial charge in [-0.25, -0.2) is 9.78 Å². The van der Waals surface area contributed by atoms with Crippen LogP contribution in [0.25, 0.3) is 11.3 Å². The number of pyridine rings is 1. The molecule has 1 amide bonds. The fraction of sp³-hybridized carbons (Fsp3) is 0.385. The summed E-state index contributed by atoms with van der Waals surface area (Å²) in [7, 11) is 0. The standard InChI is InChI=1S/C26H25N3O3S/c1-16(2)22-28-21(14-33-22)17-3-5-18(6-4-17)25(8-9-25)24(31)29-12-10-26(15-29)20-7-11-27-13-19(20)23(30)32-26/h3-7,11,13-14,16H,8-10,12,15H2,1-2H3. The molecule has 2 aromatic heterocycles. The van der Waals surface area contributed by atoms with Gasteiger partial charge in [-0.1, -0.05) is 38.1 Å². The lowest BCUT2D eigenvalue weighted by molar-refractivity contribution is -0.134. The first-order valence-electron chi connectivity index (χ1n) is 11.5. The summed E-state index contributed by atoms with van der Waals surface area (Å²) in [5, 5.41) is 3.23. The number of aromatic nitrogens is 2. The Hall–Kier alpha value is -3.06. The van der Waals surface area contributed by atoms with Crippen LogP contribution in [0, 0.1) is 0 Å². The molecule has 168 valence electrons. The number of carbonyl (C=O) groups is 2. The van der Waals surface area contributed by atoms with E-state index in [-0.39, 0.29) is 11.9 Å². The molecule has 2 aliphatic heterocycles. The molecular weight excluding hydrogens is 434 g/mol. The van der Waals surface area contributed by atoms with Gasteiger partial charge in [0.2, 0.25) is 5.91 Å². The van der Waals surface area contributed by atoms with Crippen molar-refractivity contribution in [3.05, 3.63) is 69.8 Å². The second-order valence-corrected chi connectivity index (χ2v) is 10.6. The first kappa shape index (κ1) is 20.5. The average Bonchev–Trinajstić information content (AvgIpc) is 3.18. The van der Waals surface area contributed by atoms with Crippen LogP contribution >= 0.6 is 11.3 Å². The third kappa shape index (κ3) is 3.13. The number of carbonyl (C=O) groups excluding carboxylic acids is 2. The number of nitrogens with zero attached hydrogens (tertiary/aromatic N) is 3. The number of likely N-dealkylation sites (tertiary alicyclic amines) is 1. The molecule has 3 aliphatic rings. The molecule has 3 aromatic rings. The summed E-state index contributed by atoms with van der Waals surface area (Å²) in [6, 6.07) is 10.2. The van der Waals surface area contributed by atoms with E-state index in [4.69, 9.17) is 9.72 Å². The number of thiazole rings is 1. The summed E-state index contributed by atoms with van der Waals surface area (Å²) in [5.41, 5.74) is 3.31. The Morgan fingerprint density at radius 3 is 2.64 bits per heavy atom. The molecule has 33 heavy (non-hydrogen) atoms. The van der Waals surface area contributed by atoms with Gasteiger partial charge in [0.15, 0.2) is 5.60 Å². The highest BCUT2D eigenvalue weighted by Gasteiger charge is 2.57. The van der Waals surface area contributed by atoms with Gasteiger partial charge in [-0.05, 0) is 24.5 Å². The normalized spacial score (nSPS) is 22.6. The summed E-state index contributed by atoms with van der Waals surface area (Å²) >= 11 is 1.69. The molecule has 1 saturated heterocycles. The van der Waals surface area contributed by atoms with Crippen molar-refractivity contribution in [3.63, 3.8) is 0 Å². The van der Waals surface area contributed by atoms with E-state index in [9.17, 15) is 9.59 Å². The van der Waals surface area contributed by atoms with Crippen LogP contribution in [0.5, 0.6) is 0 Å². The third-order valence-corrected chi connectivity index (χ3v) is 8.39. The van der Waals surface area contributed by atoms with E-state index in [0.29, 0.717) is 31.0 Å². The summed E-state index contributed by atoms with van der Waals surface area (Å²) in [4.78, 5) is 36.7. The Bertz CT molecular complexity index is 1260. The van der Waals surface area contributed by atoms with Gasteiger partial charge in [-0.2, -0.15) is 0 Å². The fourth-order valence-corrected chi connectivity index (χ4v) is 6.04. The molecule has 4 heterocycles. The number of hydrogen-bond acceptors (Lipinski definition) is 6. The maximum atomic E-state index is 13.7. The summed E-state index contributed by atoms with van der Waals surface area (Å²) in [5.74, 6) is 0.217. The van der Waals surface area contributed by atoms with Crippen LogP contribution in [0.1, 0.15) is 65.5 Å². The van der Waals surface area contributed by atoms with Gasteiger partial charge in [-0.15, -0.1) is 11.3 Å². The average molecular weight is 460 g/mol. The number of ether oxygens (including phenoxy) is 1. The van der Waals surface area contributed by atoms with Crippen molar-refractivity contribution in [3.8, 4) is 11.3 Å². The second kappa shape index (κ2) is 7.22. The van der Waals surface area contributed by atoms with Crippen LogP contribution in [0.15, 0.2) is 48.1 Å². The highest BCUT2D eigenvalue weighted by molar-refractivity contribution is 7.10. The van der Waals surface area contributed by atoms with Crippen LogP contribution in [-0.4, -0.2) is 39.8 Å². The van der Waals surface area contributed by atoms with E-state index in [1.807, 2.05) is 11.0 Å². The van der Waals surface area contributed by atoms with Crippen LogP contribution in [0.3, 0.4) is 0 Å². The summed E-state index contributed by atoms with van der Waals surface area (Å²) < 4.78 is 5.80. The number of benzene rings is 1. The molecule has 1 aromatic carbocycles. The molecule has 1 spiro atoms. The predicted octanol–water partition coefficient (Wildman–Crippen LogP) is 4.66. The van der Waals surface area contributed by atoms with Gasteiger partial charge in [-0.3, -0.25) is 9.78 Å². The lowest BCUT2D eigenvalue weighted by Crippen LogP contribution is -2.40. The van der Waals surface area contributed by atoms with Crippen LogP contribution < -0.4 is 0 Å². The topological polar surface area (TPSA) is 72.4 Å².